The highest BCUT2D eigenvalue weighted by molar-refractivity contribution is 7.92. The quantitative estimate of drug-likeness (QED) is 0.830. The van der Waals surface area contributed by atoms with Crippen molar-refractivity contribution < 1.29 is 22.7 Å². The molecule has 0 saturated heterocycles. The van der Waals surface area contributed by atoms with Crippen LogP contribution in [0.4, 0.5) is 11.4 Å². The summed E-state index contributed by atoms with van der Waals surface area (Å²) in [5, 5.41) is 1.73. The number of nitrogens with one attached hydrogen (secondary N) is 1. The van der Waals surface area contributed by atoms with Crippen molar-refractivity contribution in [2.24, 2.45) is 0 Å². The van der Waals surface area contributed by atoms with Gasteiger partial charge in [0.1, 0.15) is 5.75 Å². The summed E-state index contributed by atoms with van der Waals surface area (Å²) < 4.78 is 31.4. The molecule has 0 fully saturated rings. The van der Waals surface area contributed by atoms with Crippen LogP contribution in [0.15, 0.2) is 47.4 Å². The Morgan fingerprint density at radius 2 is 2.03 bits per heavy atom. The van der Waals surface area contributed by atoms with Crippen LogP contribution in [0.25, 0.3) is 0 Å². The van der Waals surface area contributed by atoms with Gasteiger partial charge in [-0.3, -0.25) is 9.59 Å². The molecule has 0 spiro atoms. The van der Waals surface area contributed by atoms with E-state index in [4.69, 9.17) is 4.74 Å². The van der Waals surface area contributed by atoms with E-state index in [0.717, 1.165) is 17.7 Å². The summed E-state index contributed by atoms with van der Waals surface area (Å²) in [5.41, 5.74) is 2.39. The van der Waals surface area contributed by atoms with E-state index in [9.17, 15) is 18.0 Å². The Balaban J connectivity index is 1.54. The second-order valence-electron chi connectivity index (χ2n) is 7.50. The molecule has 2 aliphatic rings. The number of carbonyl (C=O) groups excluding carboxylic acids is 2. The maximum Gasteiger partial charge on any atom is 0.262 e. The molecule has 0 aromatic heterocycles. The maximum atomic E-state index is 13.0. The van der Waals surface area contributed by atoms with Crippen LogP contribution in [0.3, 0.4) is 0 Å². The molecule has 8 heteroatoms. The Bertz CT molecular complexity index is 1100. The van der Waals surface area contributed by atoms with Crippen LogP contribution in [-0.4, -0.2) is 38.1 Å². The molecule has 2 atom stereocenters. The first-order valence-electron chi connectivity index (χ1n) is 9.48. The number of nitrogens with zero attached hydrogens (tertiary/aromatic N) is 1. The standard InChI is InChI=1S/C21H22N2O5S/c1-13-9-15-5-3-4-6-18(15)23(13)21(25)10-14(2)29(26,27)16-7-8-17-19(11-16)28-12-20(24)22-17/h3-8,11,13-14H,9-10,12H2,1-2H3,(H,22,24). The molecule has 2 amide bonds. The van der Waals surface area contributed by atoms with Crippen molar-refractivity contribution in [2.45, 2.75) is 42.9 Å². The highest BCUT2D eigenvalue weighted by Crippen LogP contribution is 2.34. The summed E-state index contributed by atoms with van der Waals surface area (Å²) in [7, 11) is -3.75. The molecule has 0 aliphatic carbocycles. The van der Waals surface area contributed by atoms with Gasteiger partial charge < -0.3 is 15.0 Å². The molecule has 2 aromatic rings. The molecule has 2 aliphatic heterocycles. The van der Waals surface area contributed by atoms with Gasteiger partial charge in [0.25, 0.3) is 5.91 Å². The number of hydrogen-bond acceptors (Lipinski definition) is 5. The second kappa shape index (κ2) is 7.18. The van der Waals surface area contributed by atoms with Crippen LogP contribution in [0, 0.1) is 0 Å². The molecular formula is C21H22N2O5S. The molecule has 2 heterocycles. The number of anilines is 2. The zero-order chi connectivity index (χ0) is 20.8. The Hall–Kier alpha value is -2.87. The third-order valence-corrected chi connectivity index (χ3v) is 7.52. The van der Waals surface area contributed by atoms with Crippen molar-refractivity contribution in [3.8, 4) is 5.75 Å². The van der Waals surface area contributed by atoms with Crippen molar-refractivity contribution in [3.05, 3.63) is 48.0 Å². The van der Waals surface area contributed by atoms with Crippen molar-refractivity contribution in [3.63, 3.8) is 0 Å². The summed E-state index contributed by atoms with van der Waals surface area (Å²) in [5.74, 6) is -0.182. The number of benzene rings is 2. The number of sulfone groups is 1. The largest absolute Gasteiger partial charge is 0.482 e. The molecule has 7 nitrogen and oxygen atoms in total. The minimum Gasteiger partial charge on any atom is -0.482 e. The lowest BCUT2D eigenvalue weighted by atomic mass is 10.1. The first-order chi connectivity index (χ1) is 13.8. The lowest BCUT2D eigenvalue weighted by Crippen LogP contribution is -2.38. The lowest BCUT2D eigenvalue weighted by Gasteiger charge is -2.25. The van der Waals surface area contributed by atoms with Gasteiger partial charge in [0, 0.05) is 24.2 Å². The minimum absolute atomic E-state index is 0.00411. The third kappa shape index (κ3) is 3.48. The summed E-state index contributed by atoms with van der Waals surface area (Å²) in [6.07, 6.45) is 0.645. The van der Waals surface area contributed by atoms with Crippen molar-refractivity contribution >= 4 is 33.0 Å². The van der Waals surface area contributed by atoms with E-state index in [1.165, 1.54) is 18.2 Å². The molecule has 1 N–H and O–H groups in total. The highest BCUT2D eigenvalue weighted by Gasteiger charge is 2.34. The predicted molar refractivity (Wildman–Crippen MR) is 109 cm³/mol. The number of para-hydroxylation sites is 1. The van der Waals surface area contributed by atoms with Gasteiger partial charge in [-0.05, 0) is 44.0 Å². The predicted octanol–water partition coefficient (Wildman–Crippen LogP) is 2.55. The van der Waals surface area contributed by atoms with Crippen molar-refractivity contribution in [1.29, 1.82) is 0 Å². The molecular weight excluding hydrogens is 392 g/mol. The van der Waals surface area contributed by atoms with Crippen LogP contribution in [0.1, 0.15) is 25.8 Å². The number of hydrogen-bond donors (Lipinski definition) is 1. The summed E-state index contributed by atoms with van der Waals surface area (Å²) in [6, 6.07) is 12.0. The second-order valence-corrected chi connectivity index (χ2v) is 9.87. The van der Waals surface area contributed by atoms with Gasteiger partial charge in [0.2, 0.25) is 5.91 Å². The highest BCUT2D eigenvalue weighted by atomic mass is 32.2. The number of carbonyl (C=O) groups is 2. The number of ether oxygens (including phenoxy) is 1. The van der Waals surface area contributed by atoms with E-state index in [1.807, 2.05) is 31.2 Å². The average Bonchev–Trinajstić information content (AvgIpc) is 3.03. The summed E-state index contributed by atoms with van der Waals surface area (Å²) >= 11 is 0. The van der Waals surface area contributed by atoms with Crippen LogP contribution in [-0.2, 0) is 25.8 Å². The van der Waals surface area contributed by atoms with Crippen molar-refractivity contribution in [1.82, 2.24) is 0 Å². The number of fused-ring (bicyclic) bond motifs is 2. The van der Waals surface area contributed by atoms with Crippen LogP contribution in [0.5, 0.6) is 5.75 Å². The van der Waals surface area contributed by atoms with Gasteiger partial charge in [-0.15, -0.1) is 0 Å². The maximum absolute atomic E-state index is 13.0. The van der Waals surface area contributed by atoms with E-state index in [2.05, 4.69) is 5.32 Å². The fourth-order valence-electron chi connectivity index (χ4n) is 3.86. The van der Waals surface area contributed by atoms with Gasteiger partial charge in [-0.1, -0.05) is 18.2 Å². The van der Waals surface area contributed by atoms with E-state index < -0.39 is 15.1 Å². The van der Waals surface area contributed by atoms with Crippen LogP contribution >= 0.6 is 0 Å². The van der Waals surface area contributed by atoms with Gasteiger partial charge in [-0.2, -0.15) is 0 Å². The first kappa shape index (κ1) is 19.4. The Kier molecular flexibility index (Phi) is 4.82. The van der Waals surface area contributed by atoms with Crippen LogP contribution < -0.4 is 15.0 Å². The SMILES string of the molecule is CC1Cc2ccccc2N1C(=O)CC(C)S(=O)(=O)c1ccc2c(c1)OCC(=O)N2. The van der Waals surface area contributed by atoms with Crippen LogP contribution in [0.2, 0.25) is 0 Å². The van der Waals surface area contributed by atoms with Gasteiger partial charge >= 0.3 is 0 Å². The summed E-state index contributed by atoms with van der Waals surface area (Å²) in [4.78, 5) is 26.1. The Labute approximate surface area is 169 Å². The monoisotopic (exact) mass is 414 g/mol. The third-order valence-electron chi connectivity index (χ3n) is 5.38. The van der Waals surface area contributed by atoms with E-state index >= 15 is 0 Å². The number of amides is 2. The molecule has 2 unspecified atom stereocenters. The molecule has 4 rings (SSSR count). The molecule has 0 radical (unpaired) electrons. The molecule has 2 aromatic carbocycles. The van der Waals surface area contributed by atoms with Gasteiger partial charge in [0.15, 0.2) is 16.4 Å². The van der Waals surface area contributed by atoms with Crippen molar-refractivity contribution in [2.75, 3.05) is 16.8 Å². The molecule has 152 valence electrons. The minimum atomic E-state index is -3.75. The molecule has 0 saturated carbocycles. The summed E-state index contributed by atoms with van der Waals surface area (Å²) in [6.45, 7) is 3.35. The number of rotatable bonds is 4. The first-order valence-corrected chi connectivity index (χ1v) is 11.0. The fourth-order valence-corrected chi connectivity index (χ4v) is 5.22. The molecule has 29 heavy (non-hydrogen) atoms. The normalized spacial score (nSPS) is 19.0. The zero-order valence-electron chi connectivity index (χ0n) is 16.2. The lowest BCUT2D eigenvalue weighted by molar-refractivity contribution is -0.119. The van der Waals surface area contributed by atoms with Gasteiger partial charge in [0.05, 0.1) is 15.8 Å². The molecule has 0 bridgehead atoms. The zero-order valence-corrected chi connectivity index (χ0v) is 17.0. The van der Waals surface area contributed by atoms with E-state index in [1.54, 1.807) is 11.8 Å². The topological polar surface area (TPSA) is 92.8 Å². The fraction of sp³-hybridized carbons (Fsp3) is 0.333. The Morgan fingerprint density at radius 3 is 2.83 bits per heavy atom. The average molecular weight is 414 g/mol. The van der Waals surface area contributed by atoms with Gasteiger partial charge in [-0.25, -0.2) is 8.42 Å². The Morgan fingerprint density at radius 1 is 1.28 bits per heavy atom. The van der Waals surface area contributed by atoms with E-state index in [-0.39, 0.29) is 35.8 Å². The smallest absolute Gasteiger partial charge is 0.262 e. The van der Waals surface area contributed by atoms with E-state index in [0.29, 0.717) is 11.4 Å².